The first-order valence-electron chi connectivity index (χ1n) is 11.7. The summed E-state index contributed by atoms with van der Waals surface area (Å²) < 4.78 is 33.5. The number of hydrogen-bond donors (Lipinski definition) is 2. The summed E-state index contributed by atoms with van der Waals surface area (Å²) in [7, 11) is -3.77. The number of benzene rings is 2. The zero-order valence-corrected chi connectivity index (χ0v) is 20.1. The summed E-state index contributed by atoms with van der Waals surface area (Å²) >= 11 is 0. The van der Waals surface area contributed by atoms with Crippen molar-refractivity contribution in [2.45, 2.75) is 43.6 Å². The Balaban J connectivity index is 1.39. The topological polar surface area (TPSA) is 105 Å². The lowest BCUT2D eigenvalue weighted by molar-refractivity contribution is -0.126. The van der Waals surface area contributed by atoms with E-state index in [2.05, 4.69) is 10.0 Å². The number of carbonyl (C=O) groups excluding carboxylic acids is 2. The van der Waals surface area contributed by atoms with Crippen molar-refractivity contribution in [3.05, 3.63) is 59.7 Å². The van der Waals surface area contributed by atoms with Crippen molar-refractivity contribution in [1.29, 1.82) is 0 Å². The molecule has 2 aliphatic rings. The summed E-state index contributed by atoms with van der Waals surface area (Å²) in [6.45, 7) is 4.04. The maximum absolute atomic E-state index is 13.2. The lowest BCUT2D eigenvalue weighted by atomic mass is 9.96. The van der Waals surface area contributed by atoms with E-state index in [0.717, 1.165) is 37.9 Å². The third-order valence-corrected chi connectivity index (χ3v) is 7.70. The number of ether oxygens (including phenoxy) is 1. The molecule has 2 aromatic rings. The third kappa shape index (κ3) is 5.95. The van der Waals surface area contributed by atoms with Crippen LogP contribution in [0, 0.1) is 12.8 Å². The molecule has 2 saturated heterocycles. The molecule has 0 saturated carbocycles. The van der Waals surface area contributed by atoms with Crippen molar-refractivity contribution in [3.8, 4) is 0 Å². The molecule has 2 aromatic carbocycles. The molecule has 2 unspecified atom stereocenters. The predicted molar refractivity (Wildman–Crippen MR) is 129 cm³/mol. The molecule has 8 nitrogen and oxygen atoms in total. The van der Waals surface area contributed by atoms with E-state index in [1.165, 1.54) is 6.07 Å². The summed E-state index contributed by atoms with van der Waals surface area (Å²) in [5.74, 6) is -0.525. The molecule has 2 heterocycles. The van der Waals surface area contributed by atoms with Gasteiger partial charge in [-0.2, -0.15) is 0 Å². The molecule has 2 fully saturated rings. The van der Waals surface area contributed by atoms with Gasteiger partial charge in [0.1, 0.15) is 0 Å². The molecule has 2 amide bonds. The molecule has 182 valence electrons. The smallest absolute Gasteiger partial charge is 0.261 e. The van der Waals surface area contributed by atoms with Crippen LogP contribution in [0.1, 0.15) is 41.6 Å². The normalized spacial score (nSPS) is 20.7. The largest absolute Gasteiger partial charge is 0.376 e. The summed E-state index contributed by atoms with van der Waals surface area (Å²) in [5, 5.41) is 2.97. The number of hydrogen-bond acceptors (Lipinski definition) is 5. The highest BCUT2D eigenvalue weighted by atomic mass is 32.2. The van der Waals surface area contributed by atoms with Crippen LogP contribution in [-0.2, 0) is 19.6 Å². The van der Waals surface area contributed by atoms with Crippen LogP contribution in [0.2, 0.25) is 0 Å². The molecule has 34 heavy (non-hydrogen) atoms. The molecule has 4 rings (SSSR count). The average molecular weight is 486 g/mol. The van der Waals surface area contributed by atoms with E-state index >= 15 is 0 Å². The number of piperidine rings is 1. The highest BCUT2D eigenvalue weighted by Gasteiger charge is 2.29. The minimum absolute atomic E-state index is 0.0485. The van der Waals surface area contributed by atoms with Gasteiger partial charge in [0, 0.05) is 37.5 Å². The van der Waals surface area contributed by atoms with Gasteiger partial charge in [0.15, 0.2) is 0 Å². The van der Waals surface area contributed by atoms with Crippen LogP contribution in [0.3, 0.4) is 0 Å². The van der Waals surface area contributed by atoms with Crippen molar-refractivity contribution < 1.29 is 22.7 Å². The van der Waals surface area contributed by atoms with E-state index in [1.54, 1.807) is 47.4 Å². The van der Waals surface area contributed by atoms with Crippen LogP contribution in [0.5, 0.6) is 0 Å². The highest BCUT2D eigenvalue weighted by Crippen LogP contribution is 2.22. The first kappa shape index (κ1) is 24.2. The second-order valence-electron chi connectivity index (χ2n) is 8.97. The van der Waals surface area contributed by atoms with E-state index in [0.29, 0.717) is 30.9 Å². The quantitative estimate of drug-likeness (QED) is 0.628. The van der Waals surface area contributed by atoms with Gasteiger partial charge < -0.3 is 15.0 Å². The van der Waals surface area contributed by atoms with Gasteiger partial charge in [-0.25, -0.2) is 8.42 Å². The number of aryl methyl sites for hydroxylation is 1. The van der Waals surface area contributed by atoms with Gasteiger partial charge in [-0.15, -0.1) is 0 Å². The van der Waals surface area contributed by atoms with Crippen LogP contribution in [0.4, 0.5) is 5.69 Å². The van der Waals surface area contributed by atoms with E-state index in [-0.39, 0.29) is 28.7 Å². The maximum Gasteiger partial charge on any atom is 0.261 e. The van der Waals surface area contributed by atoms with E-state index in [4.69, 9.17) is 4.74 Å². The second kappa shape index (κ2) is 10.6. The van der Waals surface area contributed by atoms with Crippen LogP contribution in [0.15, 0.2) is 53.4 Å². The Hall–Kier alpha value is -2.91. The number of sulfonamides is 1. The number of likely N-dealkylation sites (tertiary alicyclic amines) is 1. The molecular weight excluding hydrogens is 454 g/mol. The first-order valence-corrected chi connectivity index (χ1v) is 13.2. The number of anilines is 1. The van der Waals surface area contributed by atoms with Crippen LogP contribution in [-0.4, -0.2) is 57.5 Å². The zero-order valence-electron chi connectivity index (χ0n) is 19.3. The summed E-state index contributed by atoms with van der Waals surface area (Å²) in [4.78, 5) is 27.6. The van der Waals surface area contributed by atoms with Crippen molar-refractivity contribution in [3.63, 3.8) is 0 Å². The van der Waals surface area contributed by atoms with Gasteiger partial charge >= 0.3 is 0 Å². The average Bonchev–Trinajstić information content (AvgIpc) is 3.36. The van der Waals surface area contributed by atoms with E-state index in [1.807, 2.05) is 6.92 Å². The fourth-order valence-electron chi connectivity index (χ4n) is 4.37. The van der Waals surface area contributed by atoms with Crippen molar-refractivity contribution in [2.75, 3.05) is 31.0 Å². The first-order chi connectivity index (χ1) is 16.3. The molecular formula is C25H31N3O5S. The maximum atomic E-state index is 13.2. The predicted octanol–water partition coefficient (Wildman–Crippen LogP) is 2.94. The summed E-state index contributed by atoms with van der Waals surface area (Å²) in [6, 6.07) is 13.0. The molecule has 2 atom stereocenters. The lowest BCUT2D eigenvalue weighted by Crippen LogP contribution is -2.46. The van der Waals surface area contributed by atoms with Crippen LogP contribution < -0.4 is 10.0 Å². The standard InChI is InChI=1S/C25H31N3O5S/c1-18-9-11-23(12-10-18)34(31,32)27-21-7-2-5-19(15-21)25(30)28-13-3-6-20(17-28)24(29)26-16-22-8-4-14-33-22/h2,5,7,9-12,15,20,22,27H,3-4,6,8,13-14,16-17H2,1H3,(H,26,29). The lowest BCUT2D eigenvalue weighted by Gasteiger charge is -2.32. The van der Waals surface area contributed by atoms with Crippen molar-refractivity contribution >= 4 is 27.5 Å². The fraction of sp³-hybridized carbons (Fsp3) is 0.440. The SMILES string of the molecule is Cc1ccc(S(=O)(=O)Nc2cccc(C(=O)N3CCCC(C(=O)NCC4CCCO4)C3)c2)cc1. The number of nitrogens with one attached hydrogen (secondary N) is 2. The Kier molecular flexibility index (Phi) is 7.53. The van der Waals surface area contributed by atoms with E-state index < -0.39 is 10.0 Å². The summed E-state index contributed by atoms with van der Waals surface area (Å²) in [5.41, 5.74) is 1.66. The van der Waals surface area contributed by atoms with Crippen LogP contribution in [0.25, 0.3) is 0 Å². The number of rotatable bonds is 7. The molecule has 0 radical (unpaired) electrons. The molecule has 0 aromatic heterocycles. The Labute approximate surface area is 200 Å². The van der Waals surface area contributed by atoms with Gasteiger partial charge in [-0.3, -0.25) is 14.3 Å². The van der Waals surface area contributed by atoms with Crippen LogP contribution >= 0.6 is 0 Å². The molecule has 0 spiro atoms. The zero-order chi connectivity index (χ0) is 24.1. The Morgan fingerprint density at radius 2 is 1.88 bits per heavy atom. The molecule has 2 N–H and O–H groups in total. The summed E-state index contributed by atoms with van der Waals surface area (Å²) in [6.07, 6.45) is 3.53. The molecule has 9 heteroatoms. The van der Waals surface area contributed by atoms with Gasteiger partial charge in [0.05, 0.1) is 16.9 Å². The number of amides is 2. The minimum Gasteiger partial charge on any atom is -0.376 e. The third-order valence-electron chi connectivity index (χ3n) is 6.30. The molecule has 0 aliphatic carbocycles. The van der Waals surface area contributed by atoms with Gasteiger partial charge in [-0.05, 0) is 62.9 Å². The Morgan fingerprint density at radius 1 is 1.09 bits per heavy atom. The molecule has 2 aliphatic heterocycles. The molecule has 0 bridgehead atoms. The fourth-order valence-corrected chi connectivity index (χ4v) is 5.42. The van der Waals surface area contributed by atoms with E-state index in [9.17, 15) is 18.0 Å². The van der Waals surface area contributed by atoms with Gasteiger partial charge in [-0.1, -0.05) is 23.8 Å². The second-order valence-corrected chi connectivity index (χ2v) is 10.7. The van der Waals surface area contributed by atoms with Crippen molar-refractivity contribution in [2.24, 2.45) is 5.92 Å². The Morgan fingerprint density at radius 3 is 2.62 bits per heavy atom. The van der Waals surface area contributed by atoms with Gasteiger partial charge in [0.2, 0.25) is 5.91 Å². The number of nitrogens with zero attached hydrogens (tertiary/aromatic N) is 1. The monoisotopic (exact) mass is 485 g/mol. The Bertz CT molecular complexity index is 1130. The minimum atomic E-state index is -3.77. The number of carbonyl (C=O) groups is 2. The van der Waals surface area contributed by atoms with Crippen molar-refractivity contribution in [1.82, 2.24) is 10.2 Å². The van der Waals surface area contributed by atoms with Gasteiger partial charge in [0.25, 0.3) is 15.9 Å². The highest BCUT2D eigenvalue weighted by molar-refractivity contribution is 7.92.